The molecule has 0 unspecified atom stereocenters. The Kier molecular flexibility index (Phi) is 7.33. The van der Waals surface area contributed by atoms with Crippen LogP contribution in [0.1, 0.15) is 46.7 Å². The number of halogens is 3. The van der Waals surface area contributed by atoms with Crippen LogP contribution < -0.4 is 10.7 Å². The summed E-state index contributed by atoms with van der Waals surface area (Å²) in [5, 5.41) is 6.67. The lowest BCUT2D eigenvalue weighted by Gasteiger charge is -2.13. The summed E-state index contributed by atoms with van der Waals surface area (Å²) in [6.45, 7) is 6.06. The second kappa shape index (κ2) is 9.99. The highest BCUT2D eigenvalue weighted by Gasteiger charge is 2.30. The van der Waals surface area contributed by atoms with E-state index in [0.29, 0.717) is 12.3 Å². The van der Waals surface area contributed by atoms with Gasteiger partial charge >= 0.3 is 6.18 Å². The lowest BCUT2D eigenvalue weighted by Crippen LogP contribution is -2.31. The molecule has 0 aliphatic heterocycles. The molecule has 3 aromatic rings. The van der Waals surface area contributed by atoms with Gasteiger partial charge in [0.1, 0.15) is 0 Å². The average molecular weight is 459 g/mol. The Hall–Kier alpha value is -3.46. The van der Waals surface area contributed by atoms with Crippen LogP contribution >= 0.6 is 0 Å². The maximum atomic E-state index is 13.1. The number of aromatic nitrogens is 2. The molecule has 0 aliphatic rings. The first-order valence-corrected chi connectivity index (χ1v) is 10.3. The number of nitrogens with zero attached hydrogens (tertiary/aromatic N) is 2. The lowest BCUT2D eigenvalue weighted by molar-refractivity contribution is -0.137. The molecule has 1 aromatic heterocycles. The largest absolute Gasteiger partial charge is 0.416 e. The Bertz CT molecular complexity index is 1190. The van der Waals surface area contributed by atoms with Crippen LogP contribution in [0, 0.1) is 6.92 Å². The molecule has 0 saturated carbocycles. The topological polar surface area (TPSA) is 73.2 Å². The standard InChI is InChI=1S/C24H24F3N3O3/c1-15(2)33-14-18-9-7-17(8-10-18)13-28-23(32)22-21(31)11-16(3)30(29-22)20-6-4-5-19(12-20)24(25,26)27/h4-12,15H,13-14H2,1-3H3,(H,28,32). The summed E-state index contributed by atoms with van der Waals surface area (Å²) in [4.78, 5) is 25.0. The molecule has 0 fully saturated rings. The third kappa shape index (κ3) is 6.29. The normalized spacial score (nSPS) is 11.6. The van der Waals surface area contributed by atoms with Gasteiger partial charge in [-0.1, -0.05) is 30.3 Å². The van der Waals surface area contributed by atoms with E-state index in [1.807, 2.05) is 38.1 Å². The average Bonchev–Trinajstić information content (AvgIpc) is 2.76. The van der Waals surface area contributed by atoms with Gasteiger partial charge in [0.05, 0.1) is 24.0 Å². The highest BCUT2D eigenvalue weighted by atomic mass is 19.4. The van der Waals surface area contributed by atoms with Crippen LogP contribution in [0.3, 0.4) is 0 Å². The number of hydrogen-bond donors (Lipinski definition) is 1. The third-order valence-electron chi connectivity index (χ3n) is 4.80. The summed E-state index contributed by atoms with van der Waals surface area (Å²) in [7, 11) is 0. The van der Waals surface area contributed by atoms with Crippen molar-refractivity contribution in [2.45, 2.75) is 46.2 Å². The Balaban J connectivity index is 1.77. The molecule has 0 bridgehead atoms. The van der Waals surface area contributed by atoms with E-state index in [9.17, 15) is 22.8 Å². The molecule has 0 saturated heterocycles. The zero-order chi connectivity index (χ0) is 24.2. The number of aryl methyl sites for hydroxylation is 1. The van der Waals surface area contributed by atoms with Crippen LogP contribution in [-0.2, 0) is 24.1 Å². The molecule has 174 valence electrons. The summed E-state index contributed by atoms with van der Waals surface area (Å²) < 4.78 is 45.9. The highest BCUT2D eigenvalue weighted by molar-refractivity contribution is 5.92. The fourth-order valence-electron chi connectivity index (χ4n) is 3.06. The van der Waals surface area contributed by atoms with Crippen molar-refractivity contribution in [1.82, 2.24) is 15.1 Å². The van der Waals surface area contributed by atoms with Crippen molar-refractivity contribution in [2.75, 3.05) is 0 Å². The van der Waals surface area contributed by atoms with Gasteiger partial charge in [0.25, 0.3) is 5.91 Å². The van der Waals surface area contributed by atoms with Gasteiger partial charge in [0.2, 0.25) is 5.43 Å². The van der Waals surface area contributed by atoms with Crippen molar-refractivity contribution < 1.29 is 22.7 Å². The molecular formula is C24H24F3N3O3. The van der Waals surface area contributed by atoms with Gasteiger partial charge in [-0.2, -0.15) is 18.3 Å². The van der Waals surface area contributed by atoms with E-state index in [2.05, 4.69) is 10.4 Å². The number of amides is 1. The molecule has 1 N–H and O–H groups in total. The smallest absolute Gasteiger partial charge is 0.374 e. The fraction of sp³-hybridized carbons (Fsp3) is 0.292. The minimum absolute atomic E-state index is 0.0931. The third-order valence-corrected chi connectivity index (χ3v) is 4.80. The van der Waals surface area contributed by atoms with E-state index in [1.54, 1.807) is 0 Å². The summed E-state index contributed by atoms with van der Waals surface area (Å²) in [5.74, 6) is -0.715. The van der Waals surface area contributed by atoms with Gasteiger partial charge < -0.3 is 10.1 Å². The number of nitrogens with one attached hydrogen (secondary N) is 1. The molecule has 0 radical (unpaired) electrons. The summed E-state index contributed by atoms with van der Waals surface area (Å²) >= 11 is 0. The van der Waals surface area contributed by atoms with Crippen molar-refractivity contribution in [3.63, 3.8) is 0 Å². The molecule has 33 heavy (non-hydrogen) atoms. The van der Waals surface area contributed by atoms with E-state index in [4.69, 9.17) is 4.74 Å². The van der Waals surface area contributed by atoms with Gasteiger partial charge in [-0.15, -0.1) is 0 Å². The maximum absolute atomic E-state index is 13.1. The summed E-state index contributed by atoms with van der Waals surface area (Å²) in [6, 6.07) is 13.1. The molecule has 1 heterocycles. The van der Waals surface area contributed by atoms with Crippen LogP contribution in [0.4, 0.5) is 13.2 Å². The summed E-state index contributed by atoms with van der Waals surface area (Å²) in [5.41, 5.74) is 0.318. The molecule has 2 aromatic carbocycles. The molecule has 0 spiro atoms. The van der Waals surface area contributed by atoms with Crippen LogP contribution in [0.2, 0.25) is 0 Å². The number of rotatable bonds is 7. The first-order valence-electron chi connectivity index (χ1n) is 10.3. The second-order valence-corrected chi connectivity index (χ2v) is 7.82. The van der Waals surface area contributed by atoms with Crippen LogP contribution in [-0.4, -0.2) is 21.8 Å². The number of carbonyl (C=O) groups excluding carboxylic acids is 1. The van der Waals surface area contributed by atoms with Crippen molar-refractivity contribution in [1.29, 1.82) is 0 Å². The van der Waals surface area contributed by atoms with Gasteiger partial charge in [0.15, 0.2) is 5.69 Å². The number of ether oxygens (including phenoxy) is 1. The molecular weight excluding hydrogens is 435 g/mol. The van der Waals surface area contributed by atoms with E-state index in [-0.39, 0.29) is 18.3 Å². The zero-order valence-electron chi connectivity index (χ0n) is 18.4. The Morgan fingerprint density at radius 1 is 1.09 bits per heavy atom. The van der Waals surface area contributed by atoms with Gasteiger partial charge in [-0.25, -0.2) is 4.68 Å². The van der Waals surface area contributed by atoms with E-state index < -0.39 is 28.8 Å². The van der Waals surface area contributed by atoms with Crippen LogP contribution in [0.5, 0.6) is 0 Å². The molecule has 6 nitrogen and oxygen atoms in total. The predicted octanol–water partition coefficient (Wildman–Crippen LogP) is 4.41. The maximum Gasteiger partial charge on any atom is 0.416 e. The summed E-state index contributed by atoms with van der Waals surface area (Å²) in [6.07, 6.45) is -4.41. The van der Waals surface area contributed by atoms with Gasteiger partial charge in [-0.05, 0) is 50.1 Å². The van der Waals surface area contributed by atoms with Gasteiger partial charge in [-0.3, -0.25) is 9.59 Å². The molecule has 9 heteroatoms. The van der Waals surface area contributed by atoms with E-state index in [1.165, 1.54) is 25.1 Å². The molecule has 3 rings (SSSR count). The van der Waals surface area contributed by atoms with Crippen molar-refractivity contribution in [3.05, 3.63) is 92.9 Å². The second-order valence-electron chi connectivity index (χ2n) is 7.82. The monoisotopic (exact) mass is 459 g/mol. The van der Waals surface area contributed by atoms with Crippen LogP contribution in [0.25, 0.3) is 5.69 Å². The molecule has 0 aliphatic carbocycles. The number of alkyl halides is 3. The van der Waals surface area contributed by atoms with Crippen molar-refractivity contribution in [3.8, 4) is 5.69 Å². The number of carbonyl (C=O) groups is 1. The quantitative estimate of drug-likeness (QED) is 0.568. The minimum Gasteiger partial charge on any atom is -0.374 e. The fourth-order valence-corrected chi connectivity index (χ4v) is 3.06. The predicted molar refractivity (Wildman–Crippen MR) is 117 cm³/mol. The minimum atomic E-state index is -4.53. The highest BCUT2D eigenvalue weighted by Crippen LogP contribution is 2.30. The van der Waals surface area contributed by atoms with Gasteiger partial charge in [0, 0.05) is 18.3 Å². The first-order chi connectivity index (χ1) is 15.5. The Labute approximate surface area is 189 Å². The molecule has 1 amide bonds. The van der Waals surface area contributed by atoms with Crippen molar-refractivity contribution in [2.24, 2.45) is 0 Å². The van der Waals surface area contributed by atoms with E-state index >= 15 is 0 Å². The zero-order valence-corrected chi connectivity index (χ0v) is 18.4. The van der Waals surface area contributed by atoms with Crippen molar-refractivity contribution >= 4 is 5.91 Å². The first kappa shape index (κ1) is 24.2. The molecule has 0 atom stereocenters. The number of benzene rings is 2. The SMILES string of the molecule is Cc1cc(=O)c(C(=O)NCc2ccc(COC(C)C)cc2)nn1-c1cccc(C(F)(F)F)c1. The lowest BCUT2D eigenvalue weighted by atomic mass is 10.1. The Morgan fingerprint density at radius 2 is 1.76 bits per heavy atom. The Morgan fingerprint density at radius 3 is 2.39 bits per heavy atom. The number of hydrogen-bond acceptors (Lipinski definition) is 4. The van der Waals surface area contributed by atoms with Crippen LogP contribution in [0.15, 0.2) is 59.4 Å². The van der Waals surface area contributed by atoms with E-state index in [0.717, 1.165) is 27.9 Å².